The number of halogens is 2. The number of carbonyl (C=O) groups excluding carboxylic acids is 3. The first-order valence-electron chi connectivity index (χ1n) is 9.98. The van der Waals surface area contributed by atoms with Crippen LogP contribution in [-0.2, 0) is 20.9 Å². The molecule has 2 aromatic carbocycles. The first kappa shape index (κ1) is 24.5. The molecule has 1 aromatic heterocycles. The third-order valence-electron chi connectivity index (χ3n) is 4.70. The number of carbonyl (C=O) groups is 3. The molecule has 0 atom stereocenters. The van der Waals surface area contributed by atoms with Gasteiger partial charge in [0.15, 0.2) is 5.17 Å². The number of nitrogens with one attached hydrogen (secondary N) is 1. The van der Waals surface area contributed by atoms with Crippen LogP contribution in [0.2, 0.25) is 5.02 Å². The van der Waals surface area contributed by atoms with Crippen molar-refractivity contribution >= 4 is 80.2 Å². The maximum Gasteiger partial charge on any atom is 0.443 e. The lowest BCUT2D eigenvalue weighted by Gasteiger charge is -2.18. The summed E-state index contributed by atoms with van der Waals surface area (Å²) in [6, 6.07) is 14.3. The summed E-state index contributed by atoms with van der Waals surface area (Å²) in [6.07, 6.45) is 2.56. The van der Waals surface area contributed by atoms with Gasteiger partial charge in [-0.05, 0) is 59.3 Å². The van der Waals surface area contributed by atoms with E-state index in [1.54, 1.807) is 30.5 Å². The summed E-state index contributed by atoms with van der Waals surface area (Å²) in [5, 5.41) is 5.33. The van der Waals surface area contributed by atoms with Crippen molar-refractivity contribution in [3.8, 4) is 0 Å². The lowest BCUT2D eigenvalue weighted by molar-refractivity contribution is -0.113. The molecule has 0 aliphatic carbocycles. The maximum atomic E-state index is 12.5. The van der Waals surface area contributed by atoms with Crippen LogP contribution in [0.25, 0.3) is 17.0 Å². The number of thioether (sulfide) groups is 1. The highest BCUT2D eigenvalue weighted by atomic mass is 35.5. The molecule has 12 heteroatoms. The Bertz CT molecular complexity index is 1400. The van der Waals surface area contributed by atoms with Gasteiger partial charge in [-0.2, -0.15) is 4.99 Å². The predicted molar refractivity (Wildman–Crippen MR) is 135 cm³/mol. The molecular formula is C23H16Cl2N4O5S. The number of rotatable bonds is 4. The molecule has 2 heterocycles. The fourth-order valence-electron chi connectivity index (χ4n) is 3.17. The summed E-state index contributed by atoms with van der Waals surface area (Å²) in [6.45, 7) is -0.155. The summed E-state index contributed by atoms with van der Waals surface area (Å²) in [7, 11) is 1.14. The van der Waals surface area contributed by atoms with Crippen molar-refractivity contribution in [3.63, 3.8) is 0 Å². The van der Waals surface area contributed by atoms with Gasteiger partial charge in [0.1, 0.15) is 0 Å². The average molecular weight is 531 g/mol. The number of amides is 2. The Labute approximate surface area is 213 Å². The van der Waals surface area contributed by atoms with Crippen LogP contribution in [0.1, 0.15) is 11.1 Å². The maximum absolute atomic E-state index is 12.5. The van der Waals surface area contributed by atoms with Crippen LogP contribution < -0.4 is 5.32 Å². The van der Waals surface area contributed by atoms with Crippen molar-refractivity contribution in [2.75, 3.05) is 12.4 Å². The van der Waals surface area contributed by atoms with Crippen molar-refractivity contribution in [2.24, 2.45) is 4.99 Å². The first-order chi connectivity index (χ1) is 16.8. The Morgan fingerprint density at radius 3 is 2.80 bits per heavy atom. The summed E-state index contributed by atoms with van der Waals surface area (Å²) in [4.78, 5) is 48.8. The average Bonchev–Trinajstić information content (AvgIpc) is 3.18. The van der Waals surface area contributed by atoms with E-state index >= 15 is 0 Å². The second-order valence-electron chi connectivity index (χ2n) is 7.06. The number of nitrogens with zero attached hydrogens (tertiary/aromatic N) is 3. The highest BCUT2D eigenvalue weighted by Gasteiger charge is 2.23. The molecule has 4 rings (SSSR count). The van der Waals surface area contributed by atoms with Gasteiger partial charge in [-0.3, -0.25) is 9.78 Å². The third-order valence-corrected chi connectivity index (χ3v) is 6.00. The number of benzene rings is 2. The molecule has 0 saturated heterocycles. The second kappa shape index (κ2) is 10.8. The van der Waals surface area contributed by atoms with Crippen molar-refractivity contribution < 1.29 is 24.0 Å². The Kier molecular flexibility index (Phi) is 7.54. The van der Waals surface area contributed by atoms with Crippen LogP contribution >= 0.6 is 35.0 Å². The van der Waals surface area contributed by atoms with Crippen LogP contribution in [0, 0.1) is 0 Å². The van der Waals surface area contributed by atoms with Gasteiger partial charge in [-0.1, -0.05) is 29.8 Å². The molecule has 0 saturated carbocycles. The number of aromatic nitrogens is 1. The van der Waals surface area contributed by atoms with E-state index < -0.39 is 11.5 Å². The minimum absolute atomic E-state index is 0.155. The van der Waals surface area contributed by atoms with Crippen LogP contribution in [0.4, 0.5) is 15.3 Å². The zero-order valence-electron chi connectivity index (χ0n) is 18.0. The van der Waals surface area contributed by atoms with Gasteiger partial charge in [0.25, 0.3) is 5.91 Å². The lowest BCUT2D eigenvalue weighted by Crippen LogP contribution is -2.31. The minimum Gasteiger partial charge on any atom is -0.451 e. The Balaban J connectivity index is 1.49. The number of hydroxylamine groups is 2. The minimum atomic E-state index is -1.19. The lowest BCUT2D eigenvalue weighted by atomic mass is 10.1. The number of amidine groups is 1. The number of ether oxygens (including phenoxy) is 1. The van der Waals surface area contributed by atoms with E-state index in [0.29, 0.717) is 31.4 Å². The van der Waals surface area contributed by atoms with E-state index in [9.17, 15) is 14.4 Å². The summed E-state index contributed by atoms with van der Waals surface area (Å²) < 4.78 is 4.58. The van der Waals surface area contributed by atoms with Gasteiger partial charge in [-0.25, -0.2) is 9.59 Å². The van der Waals surface area contributed by atoms with E-state index in [1.165, 1.54) is 0 Å². The molecular weight excluding hydrogens is 515 g/mol. The smallest absolute Gasteiger partial charge is 0.443 e. The Hall–Kier alpha value is -3.60. The van der Waals surface area contributed by atoms with Crippen LogP contribution in [0.15, 0.2) is 64.6 Å². The number of hydrogen-bond donors (Lipinski definition) is 1. The van der Waals surface area contributed by atoms with Crippen molar-refractivity contribution in [1.29, 1.82) is 0 Å². The number of hydrogen-bond acceptors (Lipinski definition) is 8. The Morgan fingerprint density at radius 1 is 1.20 bits per heavy atom. The third kappa shape index (κ3) is 6.10. The van der Waals surface area contributed by atoms with Crippen molar-refractivity contribution in [3.05, 3.63) is 75.8 Å². The van der Waals surface area contributed by atoms with Gasteiger partial charge in [-0.15, -0.1) is 5.06 Å². The fourth-order valence-corrected chi connectivity index (χ4v) is 4.24. The van der Waals surface area contributed by atoms with Gasteiger partial charge in [0, 0.05) is 23.2 Å². The first-order valence-corrected chi connectivity index (χ1v) is 11.6. The normalized spacial score (nSPS) is 14.1. The van der Waals surface area contributed by atoms with Crippen molar-refractivity contribution in [2.45, 2.75) is 6.54 Å². The molecule has 1 aliphatic rings. The standard InChI is InChI=1S/C23H16Cl2N4O5S/c1-33-23(32)29(34-21(25)31)12-14-4-6-16(24)18(10-14)27-22-28-20(30)19(35-22)11-13-5-7-17-15(9-13)3-2-8-26-17/h2-11H,12H2,1H3,(H,27,28,30). The fraction of sp³-hybridized carbons (Fsp3) is 0.0870. The second-order valence-corrected chi connectivity index (χ2v) is 8.81. The van der Waals surface area contributed by atoms with E-state index in [1.807, 2.05) is 30.3 Å². The van der Waals surface area contributed by atoms with E-state index in [2.05, 4.69) is 24.9 Å². The topological polar surface area (TPSA) is 110 Å². The van der Waals surface area contributed by atoms with Gasteiger partial charge < -0.3 is 14.9 Å². The highest BCUT2D eigenvalue weighted by molar-refractivity contribution is 8.18. The summed E-state index contributed by atoms with van der Waals surface area (Å²) in [5.74, 6) is -0.387. The summed E-state index contributed by atoms with van der Waals surface area (Å²) >= 11 is 12.7. The number of aliphatic imine (C=N–C) groups is 1. The van der Waals surface area contributed by atoms with E-state index in [-0.39, 0.29) is 12.5 Å². The SMILES string of the molecule is COC(=O)N(Cc1ccc(Cl)c(NC2=NC(=O)C(=Cc3ccc4ncccc4c3)S2)c1)OC(=O)Cl. The van der Waals surface area contributed by atoms with Crippen molar-refractivity contribution in [1.82, 2.24) is 10.0 Å². The van der Waals surface area contributed by atoms with Crippen LogP contribution in [0.5, 0.6) is 0 Å². The number of fused-ring (bicyclic) bond motifs is 1. The molecule has 3 aromatic rings. The number of pyridine rings is 1. The molecule has 0 bridgehead atoms. The predicted octanol–water partition coefficient (Wildman–Crippen LogP) is 5.83. The largest absolute Gasteiger partial charge is 0.451 e. The number of methoxy groups -OCH3 is 1. The molecule has 35 heavy (non-hydrogen) atoms. The quantitative estimate of drug-likeness (QED) is 0.255. The zero-order chi connectivity index (χ0) is 24.9. The molecule has 9 nitrogen and oxygen atoms in total. The van der Waals surface area contributed by atoms with Gasteiger partial charge >= 0.3 is 11.5 Å². The number of anilines is 1. The molecule has 0 fully saturated rings. The van der Waals surface area contributed by atoms with Gasteiger partial charge in [0.2, 0.25) is 0 Å². The molecule has 0 radical (unpaired) electrons. The van der Waals surface area contributed by atoms with Crippen LogP contribution in [0.3, 0.4) is 0 Å². The monoisotopic (exact) mass is 530 g/mol. The molecule has 1 aliphatic heterocycles. The van der Waals surface area contributed by atoms with E-state index in [4.69, 9.17) is 23.2 Å². The molecule has 178 valence electrons. The molecule has 0 unspecified atom stereocenters. The molecule has 0 spiro atoms. The zero-order valence-corrected chi connectivity index (χ0v) is 20.4. The van der Waals surface area contributed by atoms with Gasteiger partial charge in [0.05, 0.1) is 34.8 Å². The molecule has 2 amide bonds. The Morgan fingerprint density at radius 2 is 2.03 bits per heavy atom. The molecule has 1 N–H and O–H groups in total. The van der Waals surface area contributed by atoms with Crippen LogP contribution in [-0.4, -0.2) is 39.8 Å². The highest BCUT2D eigenvalue weighted by Crippen LogP contribution is 2.32. The van der Waals surface area contributed by atoms with E-state index in [0.717, 1.165) is 35.3 Å². The summed E-state index contributed by atoms with van der Waals surface area (Å²) in [5.41, 5.74) is 1.48.